The van der Waals surface area contributed by atoms with Gasteiger partial charge in [0.05, 0.1) is 61.0 Å². The van der Waals surface area contributed by atoms with Crippen molar-refractivity contribution in [1.29, 1.82) is 0 Å². The largest absolute Gasteiger partial charge is 0.478 e. The summed E-state index contributed by atoms with van der Waals surface area (Å²) in [6.45, 7) is 6.03. The average Bonchev–Trinajstić information content (AvgIpc) is 3.22. The van der Waals surface area contributed by atoms with Gasteiger partial charge in [-0.1, -0.05) is 0 Å². The standard InChI is InChI=1S/2C15H14ClI3N2O6.C8H10O8/c2*1-5(22)26-4-7(27-6(2)23)3-21-15(25)9-10(17)8(14(16)24)11(18)13(20)12(9)19;1-3(9)15-5(7(11)12)6(8(13)14)16-4(2)10/h2*7H,3-4,20H2,1-2H3,(H,21,25);5-6H,1-2H3,(H,11,12)(H,13,14). The van der Waals surface area contributed by atoms with Gasteiger partial charge in [0.25, 0.3) is 22.3 Å². The van der Waals surface area contributed by atoms with Gasteiger partial charge in [-0.15, -0.1) is 0 Å². The molecule has 2 aromatic carbocycles. The molecule has 2 amide bonds. The predicted octanol–water partition coefficient (Wildman–Crippen LogP) is 4.39. The van der Waals surface area contributed by atoms with Crippen LogP contribution in [-0.4, -0.2) is 131 Å². The lowest BCUT2D eigenvalue weighted by atomic mass is 10.1. The Balaban J connectivity index is 0.00000106. The Kier molecular flexibility index (Phi) is 30.9. The van der Waals surface area contributed by atoms with E-state index >= 15 is 0 Å². The van der Waals surface area contributed by atoms with E-state index < -0.39 is 94.5 Å². The normalized spacial score (nSPS) is 11.9. The van der Waals surface area contributed by atoms with Crippen molar-refractivity contribution >= 4 is 240 Å². The fourth-order valence-electron chi connectivity index (χ4n) is 4.70. The van der Waals surface area contributed by atoms with Crippen LogP contribution in [0, 0.1) is 21.4 Å². The van der Waals surface area contributed by atoms with Crippen molar-refractivity contribution in [3.05, 3.63) is 43.7 Å². The van der Waals surface area contributed by atoms with Gasteiger partial charge in [-0.3, -0.25) is 47.9 Å². The third kappa shape index (κ3) is 22.4. The quantitative estimate of drug-likeness (QED) is 0.0373. The van der Waals surface area contributed by atoms with Crippen molar-refractivity contribution in [2.45, 2.75) is 66.0 Å². The van der Waals surface area contributed by atoms with Gasteiger partial charge in [0, 0.05) is 48.7 Å². The first-order valence-electron chi connectivity index (χ1n) is 18.5. The molecule has 0 aliphatic carbocycles. The minimum absolute atomic E-state index is 0.103. The van der Waals surface area contributed by atoms with E-state index in [1.54, 1.807) is 0 Å². The van der Waals surface area contributed by atoms with Crippen LogP contribution in [0.3, 0.4) is 0 Å². The molecule has 0 heterocycles. The number of nitrogens with one attached hydrogen (secondary N) is 2. The minimum atomic E-state index is -2.07. The number of carboxylic acids is 2. The number of nitrogen functional groups attached to an aromatic ring is 2. The highest BCUT2D eigenvalue weighted by molar-refractivity contribution is 14.1. The molecule has 0 aromatic heterocycles. The summed E-state index contributed by atoms with van der Waals surface area (Å²) >= 11 is 22.6. The van der Waals surface area contributed by atoms with Gasteiger partial charge in [0.1, 0.15) is 13.2 Å². The summed E-state index contributed by atoms with van der Waals surface area (Å²) in [5, 5.41) is 21.0. The molecule has 0 spiro atoms. The van der Waals surface area contributed by atoms with E-state index in [9.17, 15) is 57.5 Å². The van der Waals surface area contributed by atoms with E-state index in [0.29, 0.717) is 21.4 Å². The van der Waals surface area contributed by atoms with Crippen molar-refractivity contribution in [3.8, 4) is 0 Å². The van der Waals surface area contributed by atoms with Gasteiger partial charge in [-0.05, 0) is 159 Å². The van der Waals surface area contributed by atoms with Gasteiger partial charge in [0.2, 0.25) is 12.2 Å². The molecule has 0 bridgehead atoms. The predicted molar refractivity (Wildman–Crippen MR) is 294 cm³/mol. The van der Waals surface area contributed by atoms with Crippen LogP contribution in [0.4, 0.5) is 11.4 Å². The van der Waals surface area contributed by atoms with Gasteiger partial charge in [-0.25, -0.2) is 9.59 Å². The van der Waals surface area contributed by atoms with Crippen LogP contribution in [0.25, 0.3) is 0 Å². The lowest BCUT2D eigenvalue weighted by Gasteiger charge is -2.19. The molecule has 2 rings (SSSR count). The number of hydrogen-bond acceptors (Lipinski definition) is 20. The lowest BCUT2D eigenvalue weighted by molar-refractivity contribution is -0.185. The Bertz CT molecular complexity index is 2260. The molecule has 0 saturated heterocycles. The number of rotatable bonds is 19. The highest BCUT2D eigenvalue weighted by atomic mass is 127. The zero-order chi connectivity index (χ0) is 54.7. The summed E-state index contributed by atoms with van der Waals surface area (Å²) in [6, 6.07) is 0. The Labute approximate surface area is 488 Å². The highest BCUT2D eigenvalue weighted by Gasteiger charge is 2.39. The molecule has 0 fully saturated rings. The second-order valence-electron chi connectivity index (χ2n) is 13.0. The smallest absolute Gasteiger partial charge is 0.349 e. The fourth-order valence-corrected chi connectivity index (χ4v) is 14.0. The Morgan fingerprint density at radius 2 is 0.714 bits per heavy atom. The van der Waals surface area contributed by atoms with E-state index in [1.807, 2.05) is 136 Å². The molecule has 0 saturated carbocycles. The van der Waals surface area contributed by atoms with E-state index in [4.69, 9.17) is 63.8 Å². The number of carbonyl (C=O) groups is 12. The molecular weight excluding hydrogens is 1660 g/mol. The topological polar surface area (TPSA) is 377 Å². The van der Waals surface area contributed by atoms with Crippen LogP contribution in [-0.2, 0) is 66.8 Å². The van der Waals surface area contributed by atoms with Crippen LogP contribution in [0.2, 0.25) is 0 Å². The number of benzene rings is 2. The minimum Gasteiger partial charge on any atom is -0.478 e. The maximum absolute atomic E-state index is 12.7. The number of esters is 6. The third-order valence-electron chi connectivity index (χ3n) is 7.49. The number of halogens is 8. The summed E-state index contributed by atoms with van der Waals surface area (Å²) in [6.07, 6.45) is -5.86. The number of aliphatic carboxylic acids is 2. The summed E-state index contributed by atoms with van der Waals surface area (Å²) in [7, 11) is 0. The van der Waals surface area contributed by atoms with Crippen molar-refractivity contribution in [3.63, 3.8) is 0 Å². The van der Waals surface area contributed by atoms with E-state index in [-0.39, 0.29) is 59.9 Å². The maximum Gasteiger partial charge on any atom is 0.349 e. The van der Waals surface area contributed by atoms with Crippen LogP contribution in [0.5, 0.6) is 0 Å². The van der Waals surface area contributed by atoms with Crippen LogP contribution in [0.1, 0.15) is 83.0 Å². The number of hydrogen-bond donors (Lipinski definition) is 6. The van der Waals surface area contributed by atoms with Crippen LogP contribution in [0.15, 0.2) is 0 Å². The Morgan fingerprint density at radius 1 is 0.457 bits per heavy atom. The van der Waals surface area contributed by atoms with E-state index in [0.717, 1.165) is 13.8 Å². The molecule has 8 N–H and O–H groups in total. The fraction of sp³-hybridized carbons (Fsp3) is 0.368. The Morgan fingerprint density at radius 3 is 0.929 bits per heavy atom. The van der Waals surface area contributed by atoms with Crippen molar-refractivity contribution in [2.75, 3.05) is 37.8 Å². The molecule has 0 aliphatic rings. The zero-order valence-corrected chi connectivity index (χ0v) is 51.0. The molecule has 70 heavy (non-hydrogen) atoms. The molecule has 0 aliphatic heterocycles. The monoisotopic (exact) mass is 1700 g/mol. The van der Waals surface area contributed by atoms with Crippen molar-refractivity contribution in [2.24, 2.45) is 0 Å². The van der Waals surface area contributed by atoms with Crippen LogP contribution < -0.4 is 22.1 Å². The first-order valence-corrected chi connectivity index (χ1v) is 25.7. The number of carboxylic acid groups (broad SMARTS) is 2. The summed E-state index contributed by atoms with van der Waals surface area (Å²) < 4.78 is 30.7. The number of carbonyl (C=O) groups excluding carboxylic acids is 10. The number of ether oxygens (including phenoxy) is 6. The summed E-state index contributed by atoms with van der Waals surface area (Å²) in [4.78, 5) is 135. The zero-order valence-electron chi connectivity index (χ0n) is 36.6. The van der Waals surface area contributed by atoms with E-state index in [2.05, 4.69) is 20.1 Å². The second kappa shape index (κ2) is 32.3. The molecular formula is C38H38Cl2I6N4O20. The second-order valence-corrected chi connectivity index (χ2v) is 20.1. The molecule has 0 radical (unpaired) electrons. The molecule has 4 atom stereocenters. The molecule has 32 heteroatoms. The highest BCUT2D eigenvalue weighted by Crippen LogP contribution is 2.36. The average molecular weight is 1700 g/mol. The Hall–Kier alpha value is -2.96. The SMILES string of the molecule is CC(=O)OC(C(=O)O)C(OC(C)=O)C(=O)O.CC(=O)OCC(CNC(=O)c1c(I)c(N)c(I)c(C(=O)Cl)c1I)OC(C)=O.CC(=O)OCC(CNC(=O)c1c(I)c(N)c(I)c(C(=O)Cl)c1I)OC(C)=O. The van der Waals surface area contributed by atoms with Gasteiger partial charge in [0.15, 0.2) is 12.2 Å². The molecule has 2 aromatic rings. The van der Waals surface area contributed by atoms with E-state index in [1.165, 1.54) is 27.7 Å². The van der Waals surface area contributed by atoms with Crippen molar-refractivity contribution < 1.29 is 96.2 Å². The number of amides is 2. The number of anilines is 2. The van der Waals surface area contributed by atoms with Gasteiger partial charge < -0.3 is 60.7 Å². The summed E-state index contributed by atoms with van der Waals surface area (Å²) in [5.74, 6) is -8.75. The van der Waals surface area contributed by atoms with Gasteiger partial charge in [-0.2, -0.15) is 0 Å². The summed E-state index contributed by atoms with van der Waals surface area (Å²) in [5.41, 5.74) is 13.2. The maximum atomic E-state index is 12.7. The number of nitrogens with two attached hydrogens (primary N) is 2. The first-order chi connectivity index (χ1) is 32.2. The van der Waals surface area contributed by atoms with Crippen molar-refractivity contribution in [1.82, 2.24) is 10.6 Å². The van der Waals surface area contributed by atoms with Gasteiger partial charge >= 0.3 is 47.8 Å². The first kappa shape index (κ1) is 67.0. The van der Waals surface area contributed by atoms with Crippen LogP contribution >= 0.6 is 159 Å². The lowest BCUT2D eigenvalue weighted by Crippen LogP contribution is -2.45. The molecule has 4 unspecified atom stereocenters. The molecule has 24 nitrogen and oxygen atoms in total. The third-order valence-corrected chi connectivity index (χ3v) is 14.5. The molecule has 386 valence electrons.